The van der Waals surface area contributed by atoms with Gasteiger partial charge in [-0.25, -0.2) is 0 Å². The molecule has 1 saturated carbocycles. The Kier molecular flexibility index (Phi) is 4.29. The third kappa shape index (κ3) is 3.24. The third-order valence-electron chi connectivity index (χ3n) is 6.10. The Morgan fingerprint density at radius 3 is 2.44 bits per heavy atom. The van der Waals surface area contributed by atoms with Crippen LogP contribution in [0.4, 0.5) is 5.69 Å². The highest BCUT2D eigenvalue weighted by Crippen LogP contribution is 2.51. The quantitative estimate of drug-likeness (QED) is 0.736. The molecule has 142 valence electrons. The number of anilines is 1. The molecule has 1 heterocycles. The van der Waals surface area contributed by atoms with Crippen LogP contribution in [-0.2, 0) is 10.2 Å². The molecule has 1 amide bonds. The number of benzene rings is 2. The Bertz CT molecular complexity index is 854. The van der Waals surface area contributed by atoms with Crippen LogP contribution < -0.4 is 9.64 Å². The van der Waals surface area contributed by atoms with Gasteiger partial charge >= 0.3 is 0 Å². The van der Waals surface area contributed by atoms with Crippen molar-refractivity contribution in [2.75, 3.05) is 11.5 Å². The van der Waals surface area contributed by atoms with E-state index in [0.717, 1.165) is 24.5 Å². The van der Waals surface area contributed by atoms with Gasteiger partial charge in [0, 0.05) is 23.6 Å². The van der Waals surface area contributed by atoms with Crippen LogP contribution in [0.25, 0.3) is 0 Å². The van der Waals surface area contributed by atoms with Crippen molar-refractivity contribution in [3.05, 3.63) is 59.7 Å². The number of carbonyl (C=O) groups is 1. The standard InChI is InChI=1S/C24H29NO2/c1-17(26)25-22-13-12-20(27-15-18-10-11-18)14-21(22)24(4,16-23(25,2)3)19-8-6-5-7-9-19/h5-9,12-14,18H,10-11,15-16H2,1-4H3. The molecular formula is C24H29NO2. The summed E-state index contributed by atoms with van der Waals surface area (Å²) >= 11 is 0. The molecule has 3 nitrogen and oxygen atoms in total. The molecule has 0 bridgehead atoms. The monoisotopic (exact) mass is 363 g/mol. The van der Waals surface area contributed by atoms with E-state index in [9.17, 15) is 4.79 Å². The molecule has 0 radical (unpaired) electrons. The van der Waals surface area contributed by atoms with Gasteiger partial charge in [-0.15, -0.1) is 0 Å². The summed E-state index contributed by atoms with van der Waals surface area (Å²) in [5.74, 6) is 1.71. The summed E-state index contributed by atoms with van der Waals surface area (Å²) in [7, 11) is 0. The SMILES string of the molecule is CC(=O)N1c2ccc(OCC3CC3)cc2C(C)(c2ccccc2)CC1(C)C. The Hall–Kier alpha value is -2.29. The minimum absolute atomic E-state index is 0.0861. The van der Waals surface area contributed by atoms with Gasteiger partial charge in [0.2, 0.25) is 5.91 Å². The van der Waals surface area contributed by atoms with Crippen molar-refractivity contribution in [3.8, 4) is 5.75 Å². The minimum Gasteiger partial charge on any atom is -0.493 e. The van der Waals surface area contributed by atoms with Gasteiger partial charge in [0.1, 0.15) is 5.75 Å². The largest absolute Gasteiger partial charge is 0.493 e. The smallest absolute Gasteiger partial charge is 0.224 e. The lowest BCUT2D eigenvalue weighted by Crippen LogP contribution is -2.55. The Balaban J connectivity index is 1.84. The Morgan fingerprint density at radius 1 is 1.11 bits per heavy atom. The van der Waals surface area contributed by atoms with Crippen LogP contribution in [0.2, 0.25) is 0 Å². The maximum atomic E-state index is 12.5. The Labute approximate surface area is 162 Å². The fraction of sp³-hybridized carbons (Fsp3) is 0.458. The molecule has 2 aliphatic rings. The van der Waals surface area contributed by atoms with Gasteiger partial charge in [-0.05, 0) is 68.4 Å². The molecule has 27 heavy (non-hydrogen) atoms. The van der Waals surface area contributed by atoms with Gasteiger partial charge in [0.15, 0.2) is 0 Å². The zero-order valence-corrected chi connectivity index (χ0v) is 16.8. The second-order valence-electron chi connectivity index (χ2n) is 8.98. The summed E-state index contributed by atoms with van der Waals surface area (Å²) in [6, 6.07) is 16.9. The molecule has 1 aliphatic carbocycles. The highest BCUT2D eigenvalue weighted by molar-refractivity contribution is 5.95. The van der Waals surface area contributed by atoms with Crippen molar-refractivity contribution >= 4 is 11.6 Å². The molecule has 4 rings (SSSR count). The Morgan fingerprint density at radius 2 is 1.81 bits per heavy atom. The maximum Gasteiger partial charge on any atom is 0.224 e. The molecule has 1 aliphatic heterocycles. The van der Waals surface area contributed by atoms with Crippen LogP contribution >= 0.6 is 0 Å². The van der Waals surface area contributed by atoms with E-state index < -0.39 is 0 Å². The van der Waals surface area contributed by atoms with Gasteiger partial charge in [0.25, 0.3) is 0 Å². The zero-order chi connectivity index (χ0) is 19.2. The van der Waals surface area contributed by atoms with Crippen molar-refractivity contribution in [3.63, 3.8) is 0 Å². The first-order valence-electron chi connectivity index (χ1n) is 9.95. The maximum absolute atomic E-state index is 12.5. The van der Waals surface area contributed by atoms with Gasteiger partial charge in [-0.2, -0.15) is 0 Å². The summed E-state index contributed by atoms with van der Waals surface area (Å²) < 4.78 is 6.07. The van der Waals surface area contributed by atoms with E-state index >= 15 is 0 Å². The topological polar surface area (TPSA) is 29.5 Å². The lowest BCUT2D eigenvalue weighted by Gasteiger charge is -2.51. The average molecular weight is 364 g/mol. The van der Waals surface area contributed by atoms with Crippen LogP contribution in [0.1, 0.15) is 58.1 Å². The fourth-order valence-corrected chi connectivity index (χ4v) is 4.77. The normalized spacial score (nSPS) is 23.6. The molecule has 2 aromatic carbocycles. The second-order valence-corrected chi connectivity index (χ2v) is 8.98. The van der Waals surface area contributed by atoms with Crippen molar-refractivity contribution in [1.82, 2.24) is 0 Å². The first kappa shape index (κ1) is 18.1. The summed E-state index contributed by atoms with van der Waals surface area (Å²) in [5, 5.41) is 0. The van der Waals surface area contributed by atoms with Gasteiger partial charge in [-0.3, -0.25) is 4.79 Å². The van der Waals surface area contributed by atoms with E-state index in [4.69, 9.17) is 4.74 Å². The molecule has 3 heteroatoms. The van der Waals surface area contributed by atoms with Crippen molar-refractivity contribution in [2.24, 2.45) is 5.92 Å². The van der Waals surface area contributed by atoms with E-state index in [1.165, 1.54) is 24.0 Å². The fourth-order valence-electron chi connectivity index (χ4n) is 4.77. The number of nitrogens with zero attached hydrogens (tertiary/aromatic N) is 1. The van der Waals surface area contributed by atoms with Crippen LogP contribution in [0.5, 0.6) is 5.75 Å². The molecule has 0 N–H and O–H groups in total. The zero-order valence-electron chi connectivity index (χ0n) is 16.8. The lowest BCUT2D eigenvalue weighted by molar-refractivity contribution is -0.117. The summed E-state index contributed by atoms with van der Waals surface area (Å²) in [6.07, 6.45) is 3.42. The molecule has 2 aromatic rings. The van der Waals surface area contributed by atoms with Crippen molar-refractivity contribution in [1.29, 1.82) is 0 Å². The van der Waals surface area contributed by atoms with Crippen LogP contribution in [0, 0.1) is 5.92 Å². The number of hydrogen-bond acceptors (Lipinski definition) is 2. The highest BCUT2D eigenvalue weighted by atomic mass is 16.5. The highest BCUT2D eigenvalue weighted by Gasteiger charge is 2.47. The predicted octanol–water partition coefficient (Wildman–Crippen LogP) is 5.32. The summed E-state index contributed by atoms with van der Waals surface area (Å²) in [4.78, 5) is 14.5. The lowest BCUT2D eigenvalue weighted by atomic mass is 9.65. The molecular weight excluding hydrogens is 334 g/mol. The molecule has 1 unspecified atom stereocenters. The number of fused-ring (bicyclic) bond motifs is 1. The summed E-state index contributed by atoms with van der Waals surface area (Å²) in [6.45, 7) is 9.08. The number of ether oxygens (including phenoxy) is 1. The van der Waals surface area contributed by atoms with E-state index in [2.05, 4.69) is 63.2 Å². The first-order chi connectivity index (χ1) is 12.8. The molecule has 1 atom stereocenters. The number of carbonyl (C=O) groups excluding carboxylic acids is 1. The molecule has 0 spiro atoms. The van der Waals surface area contributed by atoms with Gasteiger partial charge in [0.05, 0.1) is 6.61 Å². The van der Waals surface area contributed by atoms with E-state index in [1.54, 1.807) is 6.92 Å². The minimum atomic E-state index is -0.264. The second kappa shape index (κ2) is 6.40. The van der Waals surface area contributed by atoms with Gasteiger partial charge in [-0.1, -0.05) is 37.3 Å². The first-order valence-corrected chi connectivity index (χ1v) is 9.95. The average Bonchev–Trinajstić information content (AvgIpc) is 3.44. The van der Waals surface area contributed by atoms with Crippen LogP contribution in [0.15, 0.2) is 48.5 Å². The predicted molar refractivity (Wildman–Crippen MR) is 109 cm³/mol. The van der Waals surface area contributed by atoms with Crippen LogP contribution in [-0.4, -0.2) is 18.1 Å². The summed E-state index contributed by atoms with van der Waals surface area (Å²) in [5.41, 5.74) is 3.02. The van der Waals surface area contributed by atoms with Crippen molar-refractivity contribution in [2.45, 2.75) is 57.9 Å². The van der Waals surface area contributed by atoms with Gasteiger partial charge < -0.3 is 9.64 Å². The third-order valence-corrected chi connectivity index (χ3v) is 6.10. The van der Waals surface area contributed by atoms with E-state index in [1.807, 2.05) is 11.0 Å². The van der Waals surface area contributed by atoms with E-state index in [-0.39, 0.29) is 16.9 Å². The van der Waals surface area contributed by atoms with Crippen molar-refractivity contribution < 1.29 is 9.53 Å². The van der Waals surface area contributed by atoms with Crippen LogP contribution in [0.3, 0.4) is 0 Å². The number of amides is 1. The molecule has 1 fully saturated rings. The van der Waals surface area contributed by atoms with E-state index in [0.29, 0.717) is 5.92 Å². The number of hydrogen-bond donors (Lipinski definition) is 0. The number of rotatable bonds is 4. The molecule has 0 saturated heterocycles. The molecule has 0 aromatic heterocycles.